The van der Waals surface area contributed by atoms with Crippen LogP contribution in [0.25, 0.3) is 0 Å². The minimum atomic E-state index is -0.436. The molecule has 1 unspecified atom stereocenters. The number of nitrogens with one attached hydrogen (secondary N) is 1. The summed E-state index contributed by atoms with van der Waals surface area (Å²) in [5.74, 6) is 0. The van der Waals surface area contributed by atoms with Crippen molar-refractivity contribution in [2.75, 3.05) is 13.1 Å². The predicted octanol–water partition coefficient (Wildman–Crippen LogP) is 1.64. The summed E-state index contributed by atoms with van der Waals surface area (Å²) in [4.78, 5) is 13.6. The molecule has 0 bridgehead atoms. The van der Waals surface area contributed by atoms with Crippen LogP contribution < -0.4 is 5.32 Å². The van der Waals surface area contributed by atoms with Gasteiger partial charge in [0.15, 0.2) is 0 Å². The molecule has 7 heteroatoms. The zero-order valence-corrected chi connectivity index (χ0v) is 12.4. The molecule has 106 valence electrons. The van der Waals surface area contributed by atoms with E-state index in [4.69, 9.17) is 4.74 Å². The van der Waals surface area contributed by atoms with E-state index in [-0.39, 0.29) is 6.09 Å². The average Bonchev–Trinajstić information content (AvgIpc) is 2.96. The van der Waals surface area contributed by atoms with Crippen LogP contribution in [0.2, 0.25) is 0 Å². The van der Waals surface area contributed by atoms with Crippen molar-refractivity contribution in [1.82, 2.24) is 19.8 Å². The number of aromatic nitrogens is 2. The minimum Gasteiger partial charge on any atom is -0.444 e. The molecule has 6 nitrogen and oxygen atoms in total. The van der Waals surface area contributed by atoms with Gasteiger partial charge >= 0.3 is 6.09 Å². The van der Waals surface area contributed by atoms with Crippen LogP contribution in [0.5, 0.6) is 0 Å². The van der Waals surface area contributed by atoms with Gasteiger partial charge in [-0.05, 0) is 38.7 Å². The number of likely N-dealkylation sites (tertiary alicyclic amines) is 1. The summed E-state index contributed by atoms with van der Waals surface area (Å²) in [7, 11) is 0. The fourth-order valence-electron chi connectivity index (χ4n) is 1.93. The van der Waals surface area contributed by atoms with E-state index in [2.05, 4.69) is 14.9 Å². The van der Waals surface area contributed by atoms with Crippen molar-refractivity contribution in [3.05, 3.63) is 11.1 Å². The largest absolute Gasteiger partial charge is 0.444 e. The van der Waals surface area contributed by atoms with Crippen LogP contribution >= 0.6 is 11.5 Å². The lowest BCUT2D eigenvalue weighted by atomic mass is 10.2. The summed E-state index contributed by atoms with van der Waals surface area (Å²) in [5, 5.41) is 9.29. The minimum absolute atomic E-state index is 0.230. The van der Waals surface area contributed by atoms with Gasteiger partial charge in [-0.15, -0.1) is 5.10 Å². The highest BCUT2D eigenvalue weighted by Gasteiger charge is 2.29. The van der Waals surface area contributed by atoms with Crippen molar-refractivity contribution < 1.29 is 9.53 Å². The Kier molecular flexibility index (Phi) is 4.36. The summed E-state index contributed by atoms with van der Waals surface area (Å²) < 4.78 is 9.18. The molecular weight excluding hydrogens is 264 g/mol. The molecule has 1 atom stereocenters. The zero-order chi connectivity index (χ0) is 13.9. The molecule has 0 spiro atoms. The number of carbonyl (C=O) groups is 1. The van der Waals surface area contributed by atoms with E-state index in [1.807, 2.05) is 26.2 Å². The first-order chi connectivity index (χ1) is 8.94. The van der Waals surface area contributed by atoms with Gasteiger partial charge in [-0.3, -0.25) is 0 Å². The van der Waals surface area contributed by atoms with Gasteiger partial charge in [0.2, 0.25) is 0 Å². The Morgan fingerprint density at radius 3 is 3.05 bits per heavy atom. The Bertz CT molecular complexity index is 416. The van der Waals surface area contributed by atoms with E-state index in [1.165, 1.54) is 11.5 Å². The Balaban J connectivity index is 1.75. The maximum absolute atomic E-state index is 11.9. The number of carbonyl (C=O) groups excluding carboxylic acids is 1. The van der Waals surface area contributed by atoms with Crippen LogP contribution in [0.1, 0.15) is 32.9 Å². The lowest BCUT2D eigenvalue weighted by Gasteiger charge is -2.24. The van der Waals surface area contributed by atoms with E-state index in [0.717, 1.165) is 18.7 Å². The van der Waals surface area contributed by atoms with Crippen molar-refractivity contribution in [1.29, 1.82) is 0 Å². The van der Waals surface area contributed by atoms with Crippen LogP contribution in [-0.4, -0.2) is 45.3 Å². The highest BCUT2D eigenvalue weighted by Crippen LogP contribution is 2.15. The number of hydrogen-bond acceptors (Lipinski definition) is 6. The van der Waals surface area contributed by atoms with Gasteiger partial charge in [0.25, 0.3) is 0 Å². The third-order valence-electron chi connectivity index (χ3n) is 2.82. The van der Waals surface area contributed by atoms with E-state index >= 15 is 0 Å². The molecule has 1 aromatic rings. The first-order valence-corrected chi connectivity index (χ1v) is 7.25. The number of hydrogen-bond donors (Lipinski definition) is 1. The Morgan fingerprint density at radius 1 is 1.63 bits per heavy atom. The first-order valence-electron chi connectivity index (χ1n) is 6.41. The van der Waals surface area contributed by atoms with Crippen LogP contribution in [0, 0.1) is 0 Å². The van der Waals surface area contributed by atoms with Gasteiger partial charge in [0.05, 0.1) is 5.69 Å². The lowest BCUT2D eigenvalue weighted by molar-refractivity contribution is 0.0291. The maximum atomic E-state index is 11.9. The van der Waals surface area contributed by atoms with Gasteiger partial charge in [0, 0.05) is 31.1 Å². The van der Waals surface area contributed by atoms with Crippen LogP contribution in [0.4, 0.5) is 4.79 Å². The molecular formula is C12H20N4O2S. The summed E-state index contributed by atoms with van der Waals surface area (Å²) >= 11 is 1.35. The van der Waals surface area contributed by atoms with Crippen LogP contribution in [-0.2, 0) is 11.3 Å². The Morgan fingerprint density at radius 2 is 2.42 bits per heavy atom. The van der Waals surface area contributed by atoms with E-state index in [1.54, 1.807) is 4.90 Å². The van der Waals surface area contributed by atoms with E-state index in [9.17, 15) is 4.79 Å². The summed E-state index contributed by atoms with van der Waals surface area (Å²) in [6.07, 6.45) is 0.712. The summed E-state index contributed by atoms with van der Waals surface area (Å²) in [6, 6.07) is 0.300. The molecule has 0 aliphatic carbocycles. The molecule has 1 fully saturated rings. The lowest BCUT2D eigenvalue weighted by Crippen LogP contribution is -2.38. The fourth-order valence-corrected chi connectivity index (χ4v) is 2.38. The number of amides is 1. The smallest absolute Gasteiger partial charge is 0.410 e. The summed E-state index contributed by atoms with van der Waals surface area (Å²) in [5.41, 5.74) is 0.509. The van der Waals surface area contributed by atoms with Crippen LogP contribution in [0.15, 0.2) is 5.38 Å². The zero-order valence-electron chi connectivity index (χ0n) is 11.5. The highest BCUT2D eigenvalue weighted by molar-refractivity contribution is 7.03. The van der Waals surface area contributed by atoms with Gasteiger partial charge in [-0.25, -0.2) is 4.79 Å². The van der Waals surface area contributed by atoms with Crippen molar-refractivity contribution in [2.45, 2.75) is 45.4 Å². The number of rotatable bonds is 3. The quantitative estimate of drug-likeness (QED) is 0.914. The second kappa shape index (κ2) is 5.83. The van der Waals surface area contributed by atoms with Crippen molar-refractivity contribution >= 4 is 17.6 Å². The molecule has 1 aliphatic rings. The number of ether oxygens (including phenoxy) is 1. The predicted molar refractivity (Wildman–Crippen MR) is 73.0 cm³/mol. The molecule has 1 amide bonds. The topological polar surface area (TPSA) is 67.3 Å². The normalized spacial score (nSPS) is 19.7. The summed E-state index contributed by atoms with van der Waals surface area (Å²) in [6.45, 7) is 7.77. The van der Waals surface area contributed by atoms with Crippen molar-refractivity contribution in [2.24, 2.45) is 0 Å². The number of nitrogens with zero attached hydrogens (tertiary/aromatic N) is 3. The highest BCUT2D eigenvalue weighted by atomic mass is 32.1. The molecule has 0 radical (unpaired) electrons. The maximum Gasteiger partial charge on any atom is 0.410 e. The Hall–Kier alpha value is -1.21. The fraction of sp³-hybridized carbons (Fsp3) is 0.750. The first kappa shape index (κ1) is 14.2. The van der Waals surface area contributed by atoms with Gasteiger partial charge in [-0.1, -0.05) is 4.49 Å². The molecule has 2 heterocycles. The SMILES string of the molecule is CC(C)(C)OC(=O)N1CCC(NCc2csnn2)C1. The molecule has 2 rings (SSSR count). The molecule has 1 aliphatic heterocycles. The van der Waals surface area contributed by atoms with Crippen LogP contribution in [0.3, 0.4) is 0 Å². The Labute approximate surface area is 117 Å². The van der Waals surface area contributed by atoms with Gasteiger partial charge in [0.1, 0.15) is 5.60 Å². The van der Waals surface area contributed by atoms with Crippen molar-refractivity contribution in [3.63, 3.8) is 0 Å². The molecule has 19 heavy (non-hydrogen) atoms. The third kappa shape index (κ3) is 4.43. The monoisotopic (exact) mass is 284 g/mol. The standard InChI is InChI=1S/C12H20N4O2S/c1-12(2,3)18-11(17)16-5-4-9(7-16)13-6-10-8-19-15-14-10/h8-9,13H,4-7H2,1-3H3. The van der Waals surface area contributed by atoms with E-state index in [0.29, 0.717) is 19.1 Å². The van der Waals surface area contributed by atoms with Gasteiger partial charge < -0.3 is 15.0 Å². The molecule has 0 saturated carbocycles. The third-order valence-corrected chi connectivity index (χ3v) is 3.37. The second-order valence-corrected chi connectivity index (χ2v) is 6.30. The molecule has 1 saturated heterocycles. The second-order valence-electron chi connectivity index (χ2n) is 5.69. The molecule has 1 N–H and O–H groups in total. The molecule has 1 aromatic heterocycles. The van der Waals surface area contributed by atoms with E-state index < -0.39 is 5.60 Å². The molecule has 0 aromatic carbocycles. The average molecular weight is 284 g/mol. The van der Waals surface area contributed by atoms with Crippen molar-refractivity contribution in [3.8, 4) is 0 Å². The van der Waals surface area contributed by atoms with Gasteiger partial charge in [-0.2, -0.15) is 0 Å².